The molecule has 1 heterocycles. The summed E-state index contributed by atoms with van der Waals surface area (Å²) >= 11 is 1.62. The van der Waals surface area contributed by atoms with Crippen molar-refractivity contribution < 1.29 is 4.79 Å². The molecule has 0 N–H and O–H groups in total. The molecule has 4 aliphatic rings. The topological polar surface area (TPSA) is 33.2 Å². The Morgan fingerprint density at radius 2 is 1.91 bits per heavy atom. The van der Waals surface area contributed by atoms with Crippen LogP contribution in [-0.2, 0) is 4.79 Å². The first-order valence-electron chi connectivity index (χ1n) is 8.87. The van der Waals surface area contributed by atoms with E-state index in [4.69, 9.17) is 0 Å². The van der Waals surface area contributed by atoms with E-state index in [2.05, 4.69) is 4.98 Å². The second-order valence-electron chi connectivity index (χ2n) is 8.24. The number of hydrogen-bond acceptors (Lipinski definition) is 3. The summed E-state index contributed by atoms with van der Waals surface area (Å²) in [4.78, 5) is 18.8. The highest BCUT2D eigenvalue weighted by Gasteiger charge is 2.51. The molecule has 0 radical (unpaired) electrons. The molecule has 1 amide bonds. The summed E-state index contributed by atoms with van der Waals surface area (Å²) in [6.07, 6.45) is 12.0. The molecule has 0 aromatic carbocycles. The summed E-state index contributed by atoms with van der Waals surface area (Å²) in [5.74, 6) is 2.95. The fourth-order valence-corrected chi connectivity index (χ4v) is 6.39. The van der Waals surface area contributed by atoms with Crippen molar-refractivity contribution in [1.29, 1.82) is 0 Å². The molecule has 4 fully saturated rings. The number of aryl methyl sites for hydroxylation is 1. The Morgan fingerprint density at radius 1 is 1.30 bits per heavy atom. The van der Waals surface area contributed by atoms with Gasteiger partial charge in [-0.1, -0.05) is 0 Å². The van der Waals surface area contributed by atoms with E-state index < -0.39 is 0 Å². The van der Waals surface area contributed by atoms with Crippen molar-refractivity contribution >= 4 is 23.3 Å². The molecule has 4 saturated carbocycles. The first kappa shape index (κ1) is 15.4. The highest BCUT2D eigenvalue weighted by Crippen LogP contribution is 2.60. The highest BCUT2D eigenvalue weighted by molar-refractivity contribution is 7.09. The molecule has 4 aliphatic carbocycles. The van der Waals surface area contributed by atoms with Crippen molar-refractivity contribution in [3.8, 4) is 0 Å². The molecule has 4 heteroatoms. The standard InChI is InChI=1S/C19H26N2OS/c1-13-20-17(11-23-13)3-4-18(22)21(2)12-19-8-14-5-15(9-19)7-16(6-14)10-19/h3-4,11,14-16H,5-10,12H2,1-2H3/b4-3-. The third-order valence-electron chi connectivity index (χ3n) is 6.15. The predicted octanol–water partition coefficient (Wildman–Crippen LogP) is 4.14. The van der Waals surface area contributed by atoms with Crippen LogP contribution in [0.15, 0.2) is 11.5 Å². The summed E-state index contributed by atoms with van der Waals surface area (Å²) in [6.45, 7) is 2.93. The van der Waals surface area contributed by atoms with E-state index in [9.17, 15) is 4.79 Å². The summed E-state index contributed by atoms with van der Waals surface area (Å²) in [5.41, 5.74) is 1.31. The number of aromatic nitrogens is 1. The van der Waals surface area contributed by atoms with Gasteiger partial charge in [0.05, 0.1) is 10.7 Å². The van der Waals surface area contributed by atoms with E-state index in [1.54, 1.807) is 17.4 Å². The summed E-state index contributed by atoms with van der Waals surface area (Å²) < 4.78 is 0. The van der Waals surface area contributed by atoms with Gasteiger partial charge in [0.2, 0.25) is 5.91 Å². The maximum Gasteiger partial charge on any atom is 0.246 e. The molecule has 4 bridgehead atoms. The van der Waals surface area contributed by atoms with Crippen molar-refractivity contribution in [2.24, 2.45) is 23.2 Å². The Morgan fingerprint density at radius 3 is 2.43 bits per heavy atom. The van der Waals surface area contributed by atoms with Crippen molar-refractivity contribution in [2.75, 3.05) is 13.6 Å². The Labute approximate surface area is 142 Å². The summed E-state index contributed by atoms with van der Waals surface area (Å²) in [6, 6.07) is 0. The number of nitrogens with zero attached hydrogens (tertiary/aromatic N) is 2. The van der Waals surface area contributed by atoms with Gasteiger partial charge in [-0.2, -0.15) is 0 Å². The molecule has 23 heavy (non-hydrogen) atoms. The molecular formula is C19H26N2OS. The van der Waals surface area contributed by atoms with Crippen LogP contribution in [-0.4, -0.2) is 29.4 Å². The van der Waals surface area contributed by atoms with E-state index in [1.807, 2.05) is 30.3 Å². The number of rotatable bonds is 4. The fourth-order valence-electron chi connectivity index (χ4n) is 5.81. The molecule has 124 valence electrons. The largest absolute Gasteiger partial charge is 0.342 e. The van der Waals surface area contributed by atoms with Crippen molar-refractivity contribution in [3.05, 3.63) is 22.2 Å². The molecule has 5 rings (SSSR count). The van der Waals surface area contributed by atoms with E-state index >= 15 is 0 Å². The van der Waals surface area contributed by atoms with Gasteiger partial charge in [-0.3, -0.25) is 4.79 Å². The fraction of sp³-hybridized carbons (Fsp3) is 0.684. The Bertz CT molecular complexity index is 598. The Balaban J connectivity index is 1.40. The van der Waals surface area contributed by atoms with Gasteiger partial charge in [0.15, 0.2) is 0 Å². The number of amides is 1. The van der Waals surface area contributed by atoms with Gasteiger partial charge in [-0.25, -0.2) is 4.98 Å². The molecule has 0 aliphatic heterocycles. The molecule has 0 unspecified atom stereocenters. The maximum absolute atomic E-state index is 12.5. The first-order chi connectivity index (χ1) is 11.0. The maximum atomic E-state index is 12.5. The lowest BCUT2D eigenvalue weighted by Gasteiger charge is -2.57. The van der Waals surface area contributed by atoms with E-state index in [0.29, 0.717) is 5.41 Å². The molecule has 1 aromatic heterocycles. The zero-order valence-electron chi connectivity index (χ0n) is 14.1. The normalized spacial score (nSPS) is 35.1. The van der Waals surface area contributed by atoms with Gasteiger partial charge < -0.3 is 4.90 Å². The van der Waals surface area contributed by atoms with Crippen LogP contribution in [0.1, 0.15) is 49.2 Å². The third kappa shape index (κ3) is 3.10. The van der Waals surface area contributed by atoms with Crippen molar-refractivity contribution in [2.45, 2.75) is 45.4 Å². The number of carbonyl (C=O) groups excluding carboxylic acids is 1. The predicted molar refractivity (Wildman–Crippen MR) is 94.1 cm³/mol. The van der Waals surface area contributed by atoms with Crippen LogP contribution in [0, 0.1) is 30.1 Å². The molecular weight excluding hydrogens is 304 g/mol. The van der Waals surface area contributed by atoms with Crippen LogP contribution in [0.25, 0.3) is 6.08 Å². The lowest BCUT2D eigenvalue weighted by molar-refractivity contribution is -0.130. The van der Waals surface area contributed by atoms with Crippen LogP contribution in [0.2, 0.25) is 0 Å². The quantitative estimate of drug-likeness (QED) is 0.777. The monoisotopic (exact) mass is 330 g/mol. The van der Waals surface area contributed by atoms with Gasteiger partial charge in [0.1, 0.15) is 0 Å². The molecule has 1 aromatic rings. The molecule has 0 spiro atoms. The van der Waals surface area contributed by atoms with Crippen molar-refractivity contribution in [3.63, 3.8) is 0 Å². The first-order valence-corrected chi connectivity index (χ1v) is 9.75. The molecule has 0 saturated heterocycles. The third-order valence-corrected chi connectivity index (χ3v) is 6.94. The molecule has 0 atom stereocenters. The molecule has 3 nitrogen and oxygen atoms in total. The smallest absolute Gasteiger partial charge is 0.246 e. The number of carbonyl (C=O) groups is 1. The Hall–Kier alpha value is -1.16. The summed E-state index contributed by atoms with van der Waals surface area (Å²) in [5, 5.41) is 3.04. The van der Waals surface area contributed by atoms with Crippen LogP contribution in [0.5, 0.6) is 0 Å². The van der Waals surface area contributed by atoms with Crippen LogP contribution in [0.4, 0.5) is 0 Å². The number of thiazole rings is 1. The van der Waals surface area contributed by atoms with Gasteiger partial charge in [0.25, 0.3) is 0 Å². The lowest BCUT2D eigenvalue weighted by atomic mass is 9.49. The highest BCUT2D eigenvalue weighted by atomic mass is 32.1. The minimum atomic E-state index is 0.117. The SMILES string of the molecule is Cc1nc(/C=C\C(=O)N(C)CC23CC4CC(CC(C4)C2)C3)cs1. The van der Waals surface area contributed by atoms with Crippen LogP contribution < -0.4 is 0 Å². The average molecular weight is 330 g/mol. The minimum Gasteiger partial charge on any atom is -0.342 e. The van der Waals surface area contributed by atoms with E-state index in [-0.39, 0.29) is 5.91 Å². The summed E-state index contributed by atoms with van der Waals surface area (Å²) in [7, 11) is 1.97. The lowest BCUT2D eigenvalue weighted by Crippen LogP contribution is -2.51. The number of hydrogen-bond donors (Lipinski definition) is 0. The number of likely N-dealkylation sites (N-methyl/N-ethyl adjacent to an activating group) is 1. The minimum absolute atomic E-state index is 0.117. The average Bonchev–Trinajstić information content (AvgIpc) is 2.88. The second-order valence-corrected chi connectivity index (χ2v) is 9.30. The van der Waals surface area contributed by atoms with Gasteiger partial charge >= 0.3 is 0 Å². The zero-order chi connectivity index (χ0) is 16.0. The second kappa shape index (κ2) is 5.73. The van der Waals surface area contributed by atoms with E-state index in [1.165, 1.54) is 38.5 Å². The Kier molecular flexibility index (Phi) is 3.83. The van der Waals surface area contributed by atoms with Crippen LogP contribution >= 0.6 is 11.3 Å². The van der Waals surface area contributed by atoms with Gasteiger partial charge in [0, 0.05) is 25.0 Å². The van der Waals surface area contributed by atoms with Crippen LogP contribution in [0.3, 0.4) is 0 Å². The van der Waals surface area contributed by atoms with Gasteiger partial charge in [-0.05, 0) is 74.7 Å². The van der Waals surface area contributed by atoms with Gasteiger partial charge in [-0.15, -0.1) is 11.3 Å². The van der Waals surface area contributed by atoms with E-state index in [0.717, 1.165) is 35.0 Å². The zero-order valence-corrected chi connectivity index (χ0v) is 14.9. The van der Waals surface area contributed by atoms with Crippen molar-refractivity contribution in [1.82, 2.24) is 9.88 Å².